The van der Waals surface area contributed by atoms with Gasteiger partial charge in [-0.1, -0.05) is 121 Å². The van der Waals surface area contributed by atoms with Crippen LogP contribution in [-0.2, 0) is 35.4 Å². The van der Waals surface area contributed by atoms with Crippen LogP contribution in [0.25, 0.3) is 0 Å². The molecule has 0 fully saturated rings. The summed E-state index contributed by atoms with van der Waals surface area (Å²) in [6.45, 7) is -0.187. The van der Waals surface area contributed by atoms with Gasteiger partial charge in [-0.2, -0.15) is 13.5 Å². The Balaban J connectivity index is 0.00000462. The number of carbonyl (C=O) groups is 1. The lowest BCUT2D eigenvalue weighted by Crippen LogP contribution is -2.75. The van der Waals surface area contributed by atoms with E-state index in [1.807, 2.05) is 36.4 Å². The molecule has 41 heavy (non-hydrogen) atoms. The molecule has 0 aliphatic heterocycles. The van der Waals surface area contributed by atoms with Crippen molar-refractivity contribution in [2.24, 2.45) is 0 Å². The minimum atomic E-state index is -2.54. The molecule has 216 valence electrons. The number of aldehydes is 1. The summed E-state index contributed by atoms with van der Waals surface area (Å²) < 4.78 is 5.78. The first kappa shape index (κ1) is 32.2. The summed E-state index contributed by atoms with van der Waals surface area (Å²) in [7, 11) is 0. The highest BCUT2D eigenvalue weighted by Crippen LogP contribution is 2.42. The summed E-state index contributed by atoms with van der Waals surface area (Å²) in [5.41, 5.74) is -4.80. The van der Waals surface area contributed by atoms with Crippen LogP contribution in [-0.4, -0.2) is 56.2 Å². The highest BCUT2D eigenvalue weighted by Gasteiger charge is 2.64. The lowest BCUT2D eigenvalue weighted by atomic mass is 9.62. The van der Waals surface area contributed by atoms with Crippen molar-refractivity contribution in [1.82, 2.24) is 0 Å². The first-order valence-corrected chi connectivity index (χ1v) is 13.3. The fourth-order valence-electron chi connectivity index (χ4n) is 5.21. The monoisotopic (exact) mass is 574 g/mol. The third kappa shape index (κ3) is 7.51. The number of aliphatic hydroxyl groups excluding tert-OH is 1. The Morgan fingerprint density at radius 1 is 0.610 bits per heavy atom. The highest BCUT2D eigenvalue weighted by atomic mass is 32.1. The van der Waals surface area contributed by atoms with Gasteiger partial charge < -0.3 is 30.0 Å². The summed E-state index contributed by atoms with van der Waals surface area (Å²) in [5.74, 6) is 0. The molecule has 4 unspecified atom stereocenters. The Bertz CT molecular complexity index is 1320. The zero-order valence-corrected chi connectivity index (χ0v) is 23.8. The third-order valence-electron chi connectivity index (χ3n) is 7.50. The summed E-state index contributed by atoms with van der Waals surface area (Å²) in [5, 5.41) is 48.6. The Labute approximate surface area is 248 Å². The second kappa shape index (κ2) is 14.5. The van der Waals surface area contributed by atoms with Crippen molar-refractivity contribution >= 4 is 19.8 Å². The Morgan fingerprint density at radius 3 is 1.44 bits per heavy atom. The average molecular weight is 575 g/mol. The summed E-state index contributed by atoms with van der Waals surface area (Å²) in [6.07, 6.45) is -2.24. The summed E-state index contributed by atoms with van der Waals surface area (Å²) in [6, 6.07) is 35.8. The van der Waals surface area contributed by atoms with Crippen LogP contribution in [0, 0.1) is 0 Å². The van der Waals surface area contributed by atoms with Gasteiger partial charge >= 0.3 is 0 Å². The van der Waals surface area contributed by atoms with Crippen molar-refractivity contribution in [3.8, 4) is 0 Å². The fourth-order valence-corrected chi connectivity index (χ4v) is 5.21. The molecule has 0 saturated carbocycles. The molecule has 0 radical (unpaired) electrons. The standard InChI is InChI=1S/C34H36O6.H2S/c35-26-32(37,21-27-13-5-1-6-14-27)34(39,23-29-17-9-3-10-18-29)33(38,22-28-15-7-2-8-16-28)31(36)25-40-24-30-19-11-4-12-20-30;/h1-20,26,31,36-39H,21-25H2;1H2. The number of hydrogen-bond donors (Lipinski definition) is 4. The quantitative estimate of drug-likeness (QED) is 0.171. The van der Waals surface area contributed by atoms with E-state index in [4.69, 9.17) is 4.74 Å². The van der Waals surface area contributed by atoms with E-state index >= 15 is 0 Å². The van der Waals surface area contributed by atoms with Gasteiger partial charge in [0.2, 0.25) is 0 Å². The molecule has 7 heteroatoms. The van der Waals surface area contributed by atoms with Crippen LogP contribution >= 0.6 is 13.5 Å². The zero-order valence-electron chi connectivity index (χ0n) is 22.8. The molecule has 0 saturated heterocycles. The fraction of sp³-hybridized carbons (Fsp3) is 0.265. The molecular weight excluding hydrogens is 536 g/mol. The van der Waals surface area contributed by atoms with Gasteiger partial charge in [0, 0.05) is 19.3 Å². The number of carbonyl (C=O) groups excluding carboxylic acids is 1. The number of hydrogen-bond acceptors (Lipinski definition) is 6. The number of aliphatic hydroxyl groups is 4. The van der Waals surface area contributed by atoms with Gasteiger partial charge in [-0.25, -0.2) is 0 Å². The first-order valence-electron chi connectivity index (χ1n) is 13.3. The molecule has 4 rings (SSSR count). The maximum Gasteiger partial charge on any atom is 0.155 e. The van der Waals surface area contributed by atoms with Gasteiger partial charge in [-0.15, -0.1) is 0 Å². The van der Waals surface area contributed by atoms with Crippen LogP contribution in [0.2, 0.25) is 0 Å². The molecule has 0 amide bonds. The smallest absolute Gasteiger partial charge is 0.155 e. The second-order valence-corrected chi connectivity index (χ2v) is 10.3. The molecule has 4 aromatic rings. The van der Waals surface area contributed by atoms with Crippen LogP contribution in [0.15, 0.2) is 121 Å². The zero-order chi connectivity index (χ0) is 28.5. The van der Waals surface area contributed by atoms with Gasteiger partial charge in [-0.3, -0.25) is 0 Å². The van der Waals surface area contributed by atoms with E-state index in [-0.39, 0.29) is 52.3 Å². The molecular formula is C34H38O6S. The normalized spacial score (nSPS) is 16.3. The van der Waals surface area contributed by atoms with Crippen molar-refractivity contribution in [3.05, 3.63) is 144 Å². The summed E-state index contributed by atoms with van der Waals surface area (Å²) in [4.78, 5) is 12.8. The van der Waals surface area contributed by atoms with E-state index in [1.54, 1.807) is 84.9 Å². The average Bonchev–Trinajstić information content (AvgIpc) is 2.99. The lowest BCUT2D eigenvalue weighted by molar-refractivity contribution is -0.268. The van der Waals surface area contributed by atoms with Gasteiger partial charge in [0.1, 0.15) is 17.3 Å². The van der Waals surface area contributed by atoms with Crippen molar-refractivity contribution < 1.29 is 30.0 Å². The SMILES string of the molecule is O=CC(O)(Cc1ccccc1)C(O)(Cc1ccccc1)C(O)(Cc1ccccc1)C(O)COCc1ccccc1.S. The van der Waals surface area contributed by atoms with Crippen LogP contribution in [0.1, 0.15) is 22.3 Å². The van der Waals surface area contributed by atoms with Crippen LogP contribution in [0.4, 0.5) is 0 Å². The van der Waals surface area contributed by atoms with E-state index in [0.29, 0.717) is 16.7 Å². The predicted octanol–water partition coefficient (Wildman–Crippen LogP) is 3.80. The van der Waals surface area contributed by atoms with E-state index in [9.17, 15) is 25.2 Å². The van der Waals surface area contributed by atoms with Gasteiger partial charge in [0.05, 0.1) is 13.2 Å². The second-order valence-electron chi connectivity index (χ2n) is 10.3. The van der Waals surface area contributed by atoms with Crippen molar-refractivity contribution in [2.75, 3.05) is 6.61 Å². The Kier molecular flexibility index (Phi) is 11.4. The highest BCUT2D eigenvalue weighted by molar-refractivity contribution is 7.59. The lowest BCUT2D eigenvalue weighted by Gasteiger charge is -2.52. The molecule has 0 aromatic heterocycles. The van der Waals surface area contributed by atoms with E-state index in [0.717, 1.165) is 5.56 Å². The predicted molar refractivity (Wildman–Crippen MR) is 164 cm³/mol. The minimum Gasteiger partial charge on any atom is -0.388 e. The summed E-state index contributed by atoms with van der Waals surface area (Å²) >= 11 is 0. The number of rotatable bonds is 14. The van der Waals surface area contributed by atoms with Crippen LogP contribution in [0.5, 0.6) is 0 Å². The van der Waals surface area contributed by atoms with E-state index < -0.39 is 22.9 Å². The van der Waals surface area contributed by atoms with Crippen LogP contribution < -0.4 is 0 Å². The number of ether oxygens (including phenoxy) is 1. The molecule has 0 spiro atoms. The molecule has 0 aliphatic carbocycles. The first-order chi connectivity index (χ1) is 19.3. The maximum absolute atomic E-state index is 12.8. The van der Waals surface area contributed by atoms with E-state index in [1.165, 1.54) is 0 Å². The Hall–Kier alpha value is -3.30. The molecule has 4 aromatic carbocycles. The van der Waals surface area contributed by atoms with Crippen molar-refractivity contribution in [3.63, 3.8) is 0 Å². The number of benzene rings is 4. The largest absolute Gasteiger partial charge is 0.388 e. The van der Waals surface area contributed by atoms with Gasteiger partial charge in [0.15, 0.2) is 11.9 Å². The molecule has 0 aliphatic rings. The minimum absolute atomic E-state index is 0. The van der Waals surface area contributed by atoms with E-state index in [2.05, 4.69) is 0 Å². The van der Waals surface area contributed by atoms with Gasteiger partial charge in [-0.05, 0) is 22.3 Å². The van der Waals surface area contributed by atoms with Crippen molar-refractivity contribution in [2.45, 2.75) is 48.8 Å². The Morgan fingerprint density at radius 2 is 1.00 bits per heavy atom. The molecule has 0 heterocycles. The molecule has 4 N–H and O–H groups in total. The third-order valence-corrected chi connectivity index (χ3v) is 7.50. The van der Waals surface area contributed by atoms with Gasteiger partial charge in [0.25, 0.3) is 0 Å². The van der Waals surface area contributed by atoms with Crippen LogP contribution in [0.3, 0.4) is 0 Å². The topological polar surface area (TPSA) is 107 Å². The molecule has 0 bridgehead atoms. The molecule has 6 nitrogen and oxygen atoms in total. The maximum atomic E-state index is 12.8. The van der Waals surface area contributed by atoms with Crippen molar-refractivity contribution in [1.29, 1.82) is 0 Å². The molecule has 4 atom stereocenters.